The second kappa shape index (κ2) is 20.7. The van der Waals surface area contributed by atoms with Crippen molar-refractivity contribution in [2.75, 3.05) is 33.8 Å². The molecule has 0 spiro atoms. The maximum Gasteiger partial charge on any atom is 0.407 e. The zero-order valence-corrected chi connectivity index (χ0v) is 35.0. The smallest absolute Gasteiger partial charge is 0.407 e. The number of carboxylic acid groups (broad SMARTS) is 1. The third-order valence-electron chi connectivity index (χ3n) is 11.7. The predicted molar refractivity (Wildman–Crippen MR) is 230 cm³/mol. The van der Waals surface area contributed by atoms with Crippen molar-refractivity contribution < 1.29 is 38.6 Å². The Balaban J connectivity index is 1.22. The molecule has 0 bridgehead atoms. The molecule has 4 aromatic carbocycles. The van der Waals surface area contributed by atoms with E-state index in [9.17, 15) is 33.9 Å². The van der Waals surface area contributed by atoms with Crippen LogP contribution >= 0.6 is 0 Å². The van der Waals surface area contributed by atoms with Gasteiger partial charge < -0.3 is 35.2 Å². The molecule has 2 aliphatic rings. The van der Waals surface area contributed by atoms with Gasteiger partial charge in [-0.25, -0.2) is 4.79 Å². The summed E-state index contributed by atoms with van der Waals surface area (Å²) in [7, 11) is 2.93. The molecule has 13 nitrogen and oxygen atoms in total. The quantitative estimate of drug-likeness (QED) is 0.127. The van der Waals surface area contributed by atoms with Crippen molar-refractivity contribution in [3.63, 3.8) is 0 Å². The molecule has 320 valence electrons. The van der Waals surface area contributed by atoms with Gasteiger partial charge in [0.2, 0.25) is 23.6 Å². The van der Waals surface area contributed by atoms with E-state index < -0.39 is 60.4 Å². The SMILES string of the molecule is C[C@H](NC(=O)[C@H](Cc1ccccc1)N(C)C(=O)[C@H](Cc1ccccc1)N(C)C(=O)[C@H](CCC(=O)O)NC(=O)OCC1c2ccccc2-c2ccccc21)C(=O)N1CCCCC1. The maximum atomic E-state index is 14.8. The van der Waals surface area contributed by atoms with Crippen LogP contribution in [0.1, 0.15) is 67.2 Å². The average molecular weight is 830 g/mol. The van der Waals surface area contributed by atoms with E-state index in [4.69, 9.17) is 4.74 Å². The fraction of sp³-hybridized carbons (Fsp3) is 0.375. The van der Waals surface area contributed by atoms with E-state index >= 15 is 0 Å². The van der Waals surface area contributed by atoms with Crippen molar-refractivity contribution in [3.05, 3.63) is 131 Å². The lowest BCUT2D eigenvalue weighted by atomic mass is 9.98. The van der Waals surface area contributed by atoms with Crippen LogP contribution < -0.4 is 10.6 Å². The Kier molecular flexibility index (Phi) is 14.9. The number of fused-ring (bicyclic) bond motifs is 3. The molecule has 4 atom stereocenters. The molecule has 0 saturated carbocycles. The van der Waals surface area contributed by atoms with Gasteiger partial charge in [-0.15, -0.1) is 0 Å². The molecule has 1 aliphatic carbocycles. The first kappa shape index (κ1) is 44.1. The van der Waals surface area contributed by atoms with Gasteiger partial charge in [-0.1, -0.05) is 109 Å². The van der Waals surface area contributed by atoms with Crippen LogP contribution in [0.4, 0.5) is 4.79 Å². The standard InChI is InChI=1S/C48H55N5O8/c1-32(45(57)53-27-15-6-16-28-53)49-44(56)41(29-33-17-7-4-8-18-33)51(2)47(59)42(30-34-19-9-5-10-20-34)52(3)46(58)40(25-26-43(54)55)50-48(60)61-31-39-37-23-13-11-21-35(37)36-22-12-14-24-38(36)39/h4-5,7-14,17-24,32,39-42H,6,15-16,25-31H2,1-3H3,(H,49,56)(H,50,60)(H,54,55)/t32-,40-,41-,42-/m0/s1. The summed E-state index contributed by atoms with van der Waals surface area (Å²) in [5.41, 5.74) is 5.61. The highest BCUT2D eigenvalue weighted by Crippen LogP contribution is 2.44. The normalized spacial score (nSPS) is 15.2. The number of ether oxygens (including phenoxy) is 1. The van der Waals surface area contributed by atoms with Gasteiger partial charge >= 0.3 is 12.1 Å². The summed E-state index contributed by atoms with van der Waals surface area (Å²) in [5, 5.41) is 15.1. The van der Waals surface area contributed by atoms with Crippen LogP contribution in [0.25, 0.3) is 11.1 Å². The Labute approximate surface area is 357 Å². The minimum absolute atomic E-state index is 0.0252. The second-order valence-electron chi connectivity index (χ2n) is 15.9. The van der Waals surface area contributed by atoms with Crippen molar-refractivity contribution in [2.45, 2.75) is 82.0 Å². The van der Waals surface area contributed by atoms with Crippen LogP contribution in [0.3, 0.4) is 0 Å². The summed E-state index contributed by atoms with van der Waals surface area (Å²) < 4.78 is 5.74. The minimum Gasteiger partial charge on any atom is -0.481 e. The van der Waals surface area contributed by atoms with Crippen LogP contribution in [0.5, 0.6) is 0 Å². The topological polar surface area (TPSA) is 166 Å². The Hall–Kier alpha value is -6.50. The number of carbonyl (C=O) groups is 6. The number of rotatable bonds is 17. The zero-order chi connectivity index (χ0) is 43.5. The summed E-state index contributed by atoms with van der Waals surface area (Å²) in [6.45, 7) is 2.86. The molecule has 1 aliphatic heterocycles. The highest BCUT2D eigenvalue weighted by atomic mass is 16.5. The Morgan fingerprint density at radius 2 is 1.20 bits per heavy atom. The third kappa shape index (κ3) is 11.0. The molecule has 1 heterocycles. The fourth-order valence-corrected chi connectivity index (χ4v) is 8.33. The number of benzene rings is 4. The molecule has 6 rings (SSSR count). The first-order valence-corrected chi connectivity index (χ1v) is 21.0. The number of hydrogen-bond donors (Lipinski definition) is 3. The molecule has 0 radical (unpaired) electrons. The summed E-state index contributed by atoms with van der Waals surface area (Å²) in [6, 6.07) is 29.6. The van der Waals surface area contributed by atoms with E-state index in [0.717, 1.165) is 52.6 Å². The number of nitrogens with one attached hydrogen (secondary N) is 2. The van der Waals surface area contributed by atoms with Crippen LogP contribution in [-0.2, 0) is 41.6 Å². The number of likely N-dealkylation sites (N-methyl/N-ethyl adjacent to an activating group) is 2. The van der Waals surface area contributed by atoms with Crippen LogP contribution in [0.2, 0.25) is 0 Å². The van der Waals surface area contributed by atoms with E-state index in [1.165, 1.54) is 23.9 Å². The largest absolute Gasteiger partial charge is 0.481 e. The molecule has 0 aromatic heterocycles. The van der Waals surface area contributed by atoms with E-state index in [1.54, 1.807) is 11.8 Å². The molecule has 61 heavy (non-hydrogen) atoms. The zero-order valence-electron chi connectivity index (χ0n) is 35.0. The highest BCUT2D eigenvalue weighted by molar-refractivity contribution is 5.95. The van der Waals surface area contributed by atoms with Gasteiger partial charge in [0.05, 0.1) is 0 Å². The number of nitrogens with zero attached hydrogens (tertiary/aromatic N) is 3. The van der Waals surface area contributed by atoms with Crippen molar-refractivity contribution in [2.24, 2.45) is 0 Å². The lowest BCUT2D eigenvalue weighted by molar-refractivity contribution is -0.149. The predicted octanol–water partition coefficient (Wildman–Crippen LogP) is 5.42. The van der Waals surface area contributed by atoms with Crippen molar-refractivity contribution >= 4 is 35.7 Å². The van der Waals surface area contributed by atoms with E-state index in [-0.39, 0.29) is 37.7 Å². The lowest BCUT2D eigenvalue weighted by Crippen LogP contribution is -2.59. The minimum atomic E-state index is -1.36. The highest BCUT2D eigenvalue weighted by Gasteiger charge is 2.39. The average Bonchev–Trinajstić information content (AvgIpc) is 3.61. The number of carbonyl (C=O) groups excluding carboxylic acids is 5. The van der Waals surface area contributed by atoms with Gasteiger partial charge in [0.15, 0.2) is 0 Å². The lowest BCUT2D eigenvalue weighted by Gasteiger charge is -2.36. The number of aliphatic carboxylic acids is 1. The molecular formula is C48H55N5O8. The molecule has 3 N–H and O–H groups in total. The molecule has 13 heteroatoms. The van der Waals surface area contributed by atoms with Gasteiger partial charge in [-0.3, -0.25) is 24.0 Å². The number of amides is 5. The van der Waals surface area contributed by atoms with Gasteiger partial charge in [-0.2, -0.15) is 0 Å². The van der Waals surface area contributed by atoms with E-state index in [2.05, 4.69) is 10.6 Å². The number of hydrogen-bond acceptors (Lipinski definition) is 7. The first-order valence-electron chi connectivity index (χ1n) is 21.0. The summed E-state index contributed by atoms with van der Waals surface area (Å²) >= 11 is 0. The fourth-order valence-electron chi connectivity index (χ4n) is 8.33. The Morgan fingerprint density at radius 1 is 0.689 bits per heavy atom. The van der Waals surface area contributed by atoms with Crippen molar-refractivity contribution in [3.8, 4) is 11.1 Å². The summed E-state index contributed by atoms with van der Waals surface area (Å²) in [6.07, 6.45) is 1.39. The Bertz CT molecular complexity index is 2130. The summed E-state index contributed by atoms with van der Waals surface area (Å²) in [5.74, 6) is -3.41. The third-order valence-corrected chi connectivity index (χ3v) is 11.7. The van der Waals surface area contributed by atoms with Crippen LogP contribution in [-0.4, -0.2) is 113 Å². The Morgan fingerprint density at radius 3 is 1.75 bits per heavy atom. The number of carboxylic acids is 1. The second-order valence-corrected chi connectivity index (χ2v) is 15.9. The van der Waals surface area contributed by atoms with Gasteiger partial charge in [0.1, 0.15) is 30.8 Å². The van der Waals surface area contributed by atoms with Crippen LogP contribution in [0.15, 0.2) is 109 Å². The molecular weight excluding hydrogens is 775 g/mol. The van der Waals surface area contributed by atoms with Crippen molar-refractivity contribution in [1.82, 2.24) is 25.3 Å². The van der Waals surface area contributed by atoms with Gasteiger partial charge in [0.25, 0.3) is 0 Å². The van der Waals surface area contributed by atoms with Crippen molar-refractivity contribution in [1.29, 1.82) is 0 Å². The molecule has 5 amide bonds. The monoisotopic (exact) mass is 829 g/mol. The van der Waals surface area contributed by atoms with E-state index in [0.29, 0.717) is 13.1 Å². The molecule has 1 saturated heterocycles. The molecule has 1 fully saturated rings. The van der Waals surface area contributed by atoms with Crippen LogP contribution in [0, 0.1) is 0 Å². The number of alkyl carbamates (subject to hydrolysis) is 1. The molecule has 0 unspecified atom stereocenters. The molecule has 4 aromatic rings. The number of likely N-dealkylation sites (tertiary alicyclic amines) is 1. The van der Waals surface area contributed by atoms with E-state index in [1.807, 2.05) is 109 Å². The van der Waals surface area contributed by atoms with Gasteiger partial charge in [-0.05, 0) is 66.0 Å². The first-order chi connectivity index (χ1) is 29.4. The summed E-state index contributed by atoms with van der Waals surface area (Å²) in [4.78, 5) is 86.4. The van der Waals surface area contributed by atoms with Gasteiger partial charge in [0, 0.05) is 52.4 Å². The number of piperidine rings is 1. The maximum absolute atomic E-state index is 14.8.